The summed E-state index contributed by atoms with van der Waals surface area (Å²) in [5, 5.41) is 16.0. The molecule has 0 saturated carbocycles. The van der Waals surface area contributed by atoms with Crippen LogP contribution in [-0.2, 0) is 16.2 Å². The Morgan fingerprint density at radius 1 is 0.312 bits per heavy atom. The van der Waals surface area contributed by atoms with Crippen molar-refractivity contribution in [2.45, 2.75) is 63.7 Å². The second-order valence-electron chi connectivity index (χ2n) is 24.8. The molecule has 0 aromatic heterocycles. The van der Waals surface area contributed by atoms with Gasteiger partial charge in [-0.05, 0) is 200 Å². The van der Waals surface area contributed by atoms with E-state index in [-0.39, 0.29) is 16.2 Å². The minimum atomic E-state index is -0.160. The monoisotopic (exact) mass is 980 g/mol. The van der Waals surface area contributed by atoms with Crippen molar-refractivity contribution in [3.05, 3.63) is 257 Å². The molecule has 0 heterocycles. The highest BCUT2D eigenvalue weighted by Crippen LogP contribution is 2.57. The van der Waals surface area contributed by atoms with E-state index in [9.17, 15) is 0 Å². The predicted octanol–water partition coefficient (Wildman–Crippen LogP) is 20.7. The van der Waals surface area contributed by atoms with Gasteiger partial charge in [-0.15, -0.1) is 0 Å². The minimum absolute atomic E-state index is 0.0386. The minimum Gasteiger partial charge on any atom is -0.0758 e. The average molecular weight is 981 g/mol. The number of hydrogen-bond donors (Lipinski definition) is 0. The Bertz CT molecular complexity index is 4800. The molecular formula is C77H56. The Labute approximate surface area is 450 Å². The van der Waals surface area contributed by atoms with Gasteiger partial charge in [-0.3, -0.25) is 0 Å². The van der Waals surface area contributed by atoms with Crippen molar-refractivity contribution in [3.8, 4) is 55.6 Å². The molecule has 2 unspecified atom stereocenters. The van der Waals surface area contributed by atoms with Crippen LogP contribution in [0.2, 0.25) is 0 Å². The Balaban J connectivity index is 0.672. The Kier molecular flexibility index (Phi) is 8.43. The van der Waals surface area contributed by atoms with Crippen molar-refractivity contribution in [3.63, 3.8) is 0 Å². The molecule has 0 nitrogen and oxygen atoms in total. The lowest BCUT2D eigenvalue weighted by molar-refractivity contribution is 0.395. The maximum Gasteiger partial charge on any atom is 0.0159 e. The summed E-state index contributed by atoms with van der Waals surface area (Å²) in [5.74, 6) is 0.724. The highest BCUT2D eigenvalue weighted by Gasteiger charge is 2.46. The first-order valence-electron chi connectivity index (χ1n) is 27.9. The van der Waals surface area contributed by atoms with E-state index in [2.05, 4.69) is 260 Å². The van der Waals surface area contributed by atoms with E-state index in [4.69, 9.17) is 0 Å². The molecule has 0 heteroatoms. The lowest BCUT2D eigenvalue weighted by Crippen LogP contribution is -2.25. The summed E-state index contributed by atoms with van der Waals surface area (Å²) in [6.07, 6.45) is 7.52. The first kappa shape index (κ1) is 43.6. The molecule has 0 N–H and O–H groups in total. The summed E-state index contributed by atoms with van der Waals surface area (Å²) in [6, 6.07) is 77.5. The van der Waals surface area contributed by atoms with Crippen LogP contribution < -0.4 is 0 Å². The van der Waals surface area contributed by atoms with Crippen LogP contribution in [0.4, 0.5) is 0 Å². The first-order valence-corrected chi connectivity index (χ1v) is 27.9. The number of rotatable bonds is 4. The maximum atomic E-state index is 2.60. The van der Waals surface area contributed by atoms with E-state index >= 15 is 0 Å². The van der Waals surface area contributed by atoms with Crippen molar-refractivity contribution in [1.29, 1.82) is 0 Å². The molecule has 2 atom stereocenters. The Morgan fingerprint density at radius 2 is 0.675 bits per heavy atom. The molecule has 4 aliphatic rings. The van der Waals surface area contributed by atoms with Gasteiger partial charge in [0.15, 0.2) is 0 Å². The molecule has 0 fully saturated rings. The topological polar surface area (TPSA) is 0 Å². The number of hydrogen-bond acceptors (Lipinski definition) is 0. The molecule has 364 valence electrons. The van der Waals surface area contributed by atoms with Gasteiger partial charge in [0.25, 0.3) is 0 Å². The van der Waals surface area contributed by atoms with Crippen LogP contribution >= 0.6 is 0 Å². The molecule has 0 spiro atoms. The zero-order valence-electron chi connectivity index (χ0n) is 44.4. The predicted molar refractivity (Wildman–Crippen MR) is 328 cm³/mol. The zero-order chi connectivity index (χ0) is 51.4. The molecule has 0 bridgehead atoms. The van der Waals surface area contributed by atoms with Crippen LogP contribution in [-0.4, -0.2) is 0 Å². The van der Waals surface area contributed by atoms with Gasteiger partial charge in [-0.25, -0.2) is 0 Å². The molecule has 0 radical (unpaired) electrons. The van der Waals surface area contributed by atoms with Crippen molar-refractivity contribution < 1.29 is 0 Å². The van der Waals surface area contributed by atoms with E-state index in [1.807, 2.05) is 0 Å². The molecule has 13 aromatic carbocycles. The highest BCUT2D eigenvalue weighted by molar-refractivity contribution is 6.26. The molecule has 17 rings (SSSR count). The second-order valence-corrected chi connectivity index (χ2v) is 24.8. The third-order valence-corrected chi connectivity index (χ3v) is 19.9. The number of allylic oxidation sites excluding steroid dienone is 4. The van der Waals surface area contributed by atoms with Gasteiger partial charge in [0, 0.05) is 16.7 Å². The molecule has 0 amide bonds. The van der Waals surface area contributed by atoms with Crippen LogP contribution in [0.15, 0.2) is 218 Å². The average Bonchev–Trinajstić information content (AvgIpc) is 4.05. The summed E-state index contributed by atoms with van der Waals surface area (Å²) in [4.78, 5) is 0. The smallest absolute Gasteiger partial charge is 0.0159 e. The quantitative estimate of drug-likeness (QED) is 0.154. The lowest BCUT2D eigenvalue weighted by Gasteiger charge is -2.31. The van der Waals surface area contributed by atoms with Crippen LogP contribution in [0, 0.1) is 5.92 Å². The van der Waals surface area contributed by atoms with E-state index in [0.717, 1.165) is 0 Å². The highest BCUT2D eigenvalue weighted by atomic mass is 14.5. The standard InChI is InChI=1S/C77H56/c1-75(2)65-37-49(51-23-31-59-61-33-25-53(41-69(61)76(3,4)67(59)39-51)55-27-17-47-15-13-43-9-7-11-45-19-35-63(55)73(47)71(43)45)21-29-57(65)58-30-22-50(38-66(58)75)52-24-32-60-62-34-26-54(42-70(62)77(5,6)68(60)40-52)56-28-18-48-16-14-44-10-8-12-46-20-36-64(56)74(48)72(44)46/h7-42,61,69H,1-6H3. The fraction of sp³-hybridized carbons (Fsp3) is 0.143. The second kappa shape index (κ2) is 14.9. The summed E-state index contributed by atoms with van der Waals surface area (Å²) in [5.41, 5.74) is 24.0. The van der Waals surface area contributed by atoms with Crippen LogP contribution in [0.1, 0.15) is 86.4 Å². The van der Waals surface area contributed by atoms with E-state index in [1.54, 1.807) is 0 Å². The molecule has 0 aliphatic heterocycles. The van der Waals surface area contributed by atoms with Gasteiger partial charge in [-0.1, -0.05) is 236 Å². The van der Waals surface area contributed by atoms with Gasteiger partial charge < -0.3 is 0 Å². The molecular weight excluding hydrogens is 925 g/mol. The normalized spacial score (nSPS) is 18.1. The van der Waals surface area contributed by atoms with E-state index in [1.165, 1.54) is 165 Å². The van der Waals surface area contributed by atoms with Crippen LogP contribution in [0.25, 0.3) is 126 Å². The number of fused-ring (bicyclic) bond motifs is 9. The third kappa shape index (κ3) is 5.78. The van der Waals surface area contributed by atoms with Gasteiger partial charge in [-0.2, -0.15) is 0 Å². The van der Waals surface area contributed by atoms with E-state index < -0.39 is 0 Å². The largest absolute Gasteiger partial charge is 0.0758 e. The van der Waals surface area contributed by atoms with Gasteiger partial charge in [0.1, 0.15) is 0 Å². The first-order chi connectivity index (χ1) is 37.4. The molecule has 4 aliphatic carbocycles. The van der Waals surface area contributed by atoms with E-state index in [0.29, 0.717) is 11.8 Å². The van der Waals surface area contributed by atoms with Gasteiger partial charge >= 0.3 is 0 Å². The molecule has 13 aromatic rings. The SMILES string of the molecule is CC1(C)c2cc(-c3ccc4c(c3)C(C)(C)c3cc(-c5ccc6ccc7cccc8ccc5c6c78)ccc3-4)ccc2-c2ccc(-c3ccc4c(c3)C(C)(C)C3C=C(c5ccc6ccc7cccc8ccc5c6c78)C=CC43)cc21. The summed E-state index contributed by atoms with van der Waals surface area (Å²) in [6.45, 7) is 14.7. The zero-order valence-corrected chi connectivity index (χ0v) is 44.4. The fourth-order valence-corrected chi connectivity index (χ4v) is 15.7. The number of benzene rings is 13. The fourth-order valence-electron chi connectivity index (χ4n) is 15.7. The molecule has 77 heavy (non-hydrogen) atoms. The molecule has 0 saturated heterocycles. The maximum absolute atomic E-state index is 2.60. The Hall–Kier alpha value is -8.58. The Morgan fingerprint density at radius 3 is 1.17 bits per heavy atom. The summed E-state index contributed by atoms with van der Waals surface area (Å²) in [7, 11) is 0. The van der Waals surface area contributed by atoms with Crippen molar-refractivity contribution in [2.24, 2.45) is 5.92 Å². The van der Waals surface area contributed by atoms with Crippen LogP contribution in [0.5, 0.6) is 0 Å². The summed E-state index contributed by atoms with van der Waals surface area (Å²) < 4.78 is 0. The lowest BCUT2D eigenvalue weighted by atomic mass is 9.72. The van der Waals surface area contributed by atoms with Crippen molar-refractivity contribution in [2.75, 3.05) is 0 Å². The van der Waals surface area contributed by atoms with Crippen molar-refractivity contribution >= 4 is 70.2 Å². The van der Waals surface area contributed by atoms with Gasteiger partial charge in [0.05, 0.1) is 0 Å². The van der Waals surface area contributed by atoms with Crippen molar-refractivity contribution in [1.82, 2.24) is 0 Å². The summed E-state index contributed by atoms with van der Waals surface area (Å²) >= 11 is 0. The van der Waals surface area contributed by atoms with Gasteiger partial charge in [0.2, 0.25) is 0 Å². The third-order valence-electron chi connectivity index (χ3n) is 19.9. The van der Waals surface area contributed by atoms with Crippen LogP contribution in [0.3, 0.4) is 0 Å².